The molecule has 6 heteroatoms. The first-order chi connectivity index (χ1) is 11.3. The normalized spacial score (nSPS) is 22.1. The highest BCUT2D eigenvalue weighted by molar-refractivity contribution is 6.10. The molecule has 2 atom stereocenters. The summed E-state index contributed by atoms with van der Waals surface area (Å²) in [5, 5.41) is 10.6. The summed E-state index contributed by atoms with van der Waals surface area (Å²) >= 11 is 0. The average molecular weight is 333 g/mol. The number of nitrogens with zero attached hydrogens (tertiary/aromatic N) is 1. The van der Waals surface area contributed by atoms with Crippen LogP contribution in [0.15, 0.2) is 30.3 Å². The van der Waals surface area contributed by atoms with Crippen molar-refractivity contribution in [2.75, 3.05) is 7.11 Å². The Morgan fingerprint density at radius 1 is 1.29 bits per heavy atom. The Balaban J connectivity index is 2.31. The fourth-order valence-electron chi connectivity index (χ4n) is 3.15. The molecule has 0 unspecified atom stereocenters. The number of likely N-dealkylation sites (tertiary alicyclic amines) is 1. The molecule has 2 amide bonds. The molecular weight excluding hydrogens is 310 g/mol. The minimum atomic E-state index is -1.74. The van der Waals surface area contributed by atoms with Crippen molar-refractivity contribution in [1.29, 1.82) is 0 Å². The highest BCUT2D eigenvalue weighted by Gasteiger charge is 2.54. The fourth-order valence-corrected chi connectivity index (χ4v) is 3.15. The van der Waals surface area contributed by atoms with Crippen molar-refractivity contribution in [3.8, 4) is 0 Å². The Bertz CT molecular complexity index is 628. The maximum absolute atomic E-state index is 12.7. The Morgan fingerprint density at radius 2 is 1.92 bits per heavy atom. The van der Waals surface area contributed by atoms with Crippen LogP contribution in [0.3, 0.4) is 0 Å². The van der Waals surface area contributed by atoms with Crippen LogP contribution in [0.5, 0.6) is 0 Å². The summed E-state index contributed by atoms with van der Waals surface area (Å²) in [5.74, 6) is -1.89. The van der Waals surface area contributed by atoms with Gasteiger partial charge >= 0.3 is 5.97 Å². The number of hydrogen-bond donors (Lipinski definition) is 1. The predicted molar refractivity (Wildman–Crippen MR) is 86.8 cm³/mol. The molecule has 0 spiro atoms. The molecule has 24 heavy (non-hydrogen) atoms. The summed E-state index contributed by atoms with van der Waals surface area (Å²) in [6.45, 7) is 3.72. The lowest BCUT2D eigenvalue weighted by Gasteiger charge is -2.27. The van der Waals surface area contributed by atoms with Gasteiger partial charge in [0.1, 0.15) is 6.04 Å². The monoisotopic (exact) mass is 333 g/mol. The minimum absolute atomic E-state index is 0.0393. The molecule has 1 saturated heterocycles. The van der Waals surface area contributed by atoms with E-state index in [1.807, 2.05) is 32.0 Å². The van der Waals surface area contributed by atoms with Crippen LogP contribution in [-0.2, 0) is 25.5 Å². The number of carbonyl (C=O) groups excluding carboxylic acids is 3. The number of benzene rings is 1. The molecule has 1 aliphatic heterocycles. The summed E-state index contributed by atoms with van der Waals surface area (Å²) in [6, 6.07) is 8.00. The second-order valence-electron chi connectivity index (χ2n) is 6.60. The first kappa shape index (κ1) is 18.1. The molecule has 1 aromatic rings. The number of rotatable bonds is 6. The first-order valence-corrected chi connectivity index (χ1v) is 7.99. The third-order valence-corrected chi connectivity index (χ3v) is 4.13. The van der Waals surface area contributed by atoms with E-state index in [9.17, 15) is 19.5 Å². The maximum Gasteiger partial charge on any atom is 0.329 e. The van der Waals surface area contributed by atoms with Crippen LogP contribution in [0.4, 0.5) is 0 Å². The summed E-state index contributed by atoms with van der Waals surface area (Å²) in [7, 11) is 1.21. The van der Waals surface area contributed by atoms with Crippen molar-refractivity contribution in [3.63, 3.8) is 0 Å². The summed E-state index contributed by atoms with van der Waals surface area (Å²) in [4.78, 5) is 38.1. The van der Waals surface area contributed by atoms with Gasteiger partial charge in [-0.25, -0.2) is 4.79 Å². The van der Waals surface area contributed by atoms with Crippen LogP contribution < -0.4 is 0 Å². The van der Waals surface area contributed by atoms with Crippen LogP contribution in [0, 0.1) is 5.92 Å². The molecule has 2 rings (SSSR count). The lowest BCUT2D eigenvalue weighted by molar-refractivity contribution is -0.159. The SMILES string of the molecule is COC(=O)[C@H](Cc1ccccc1)N1C(=O)C[C@](O)(CC(C)C)C1=O. The zero-order valence-corrected chi connectivity index (χ0v) is 14.2. The number of ether oxygens (including phenoxy) is 1. The van der Waals surface area contributed by atoms with Gasteiger partial charge in [-0.05, 0) is 17.9 Å². The van der Waals surface area contributed by atoms with Crippen LogP contribution in [0.2, 0.25) is 0 Å². The van der Waals surface area contributed by atoms with E-state index in [0.717, 1.165) is 10.5 Å². The average Bonchev–Trinajstić information content (AvgIpc) is 2.74. The predicted octanol–water partition coefficient (Wildman–Crippen LogP) is 1.31. The summed E-state index contributed by atoms with van der Waals surface area (Å²) < 4.78 is 4.78. The number of hydrogen-bond acceptors (Lipinski definition) is 5. The van der Waals surface area contributed by atoms with Gasteiger partial charge in [0.25, 0.3) is 5.91 Å². The maximum atomic E-state index is 12.7. The van der Waals surface area contributed by atoms with Crippen molar-refractivity contribution >= 4 is 17.8 Å². The zero-order valence-electron chi connectivity index (χ0n) is 14.2. The quantitative estimate of drug-likeness (QED) is 0.627. The Kier molecular flexibility index (Phi) is 5.39. The summed E-state index contributed by atoms with van der Waals surface area (Å²) in [5.41, 5.74) is -0.943. The Labute approximate surface area is 141 Å². The van der Waals surface area contributed by atoms with Gasteiger partial charge in [0.2, 0.25) is 5.91 Å². The fraction of sp³-hybridized carbons (Fsp3) is 0.500. The number of imide groups is 1. The molecule has 1 fully saturated rings. The molecule has 0 aliphatic carbocycles. The van der Waals surface area contributed by atoms with E-state index >= 15 is 0 Å². The standard InChI is InChI=1S/C18H23NO5/c1-12(2)10-18(23)11-15(20)19(17(18)22)14(16(21)24-3)9-13-7-5-4-6-8-13/h4-8,12,14,23H,9-11H2,1-3H3/t14-,18+/m0/s1. The van der Waals surface area contributed by atoms with Crippen LogP contribution in [0.1, 0.15) is 32.3 Å². The third-order valence-electron chi connectivity index (χ3n) is 4.13. The zero-order chi connectivity index (χ0) is 17.9. The van der Waals surface area contributed by atoms with Gasteiger partial charge in [-0.1, -0.05) is 44.2 Å². The molecule has 1 N–H and O–H groups in total. The highest BCUT2D eigenvalue weighted by Crippen LogP contribution is 2.32. The number of methoxy groups -OCH3 is 1. The van der Waals surface area contributed by atoms with Crippen molar-refractivity contribution < 1.29 is 24.2 Å². The lowest BCUT2D eigenvalue weighted by atomic mass is 9.91. The number of aliphatic hydroxyl groups is 1. The Morgan fingerprint density at radius 3 is 2.46 bits per heavy atom. The number of carbonyl (C=O) groups is 3. The van der Waals surface area contributed by atoms with Gasteiger partial charge in [-0.15, -0.1) is 0 Å². The smallest absolute Gasteiger partial charge is 0.329 e. The van der Waals surface area contributed by atoms with Crippen LogP contribution in [0.25, 0.3) is 0 Å². The van der Waals surface area contributed by atoms with E-state index in [1.54, 1.807) is 12.1 Å². The molecular formula is C18H23NO5. The van der Waals surface area contributed by atoms with Crippen LogP contribution in [-0.4, -0.2) is 46.5 Å². The van der Waals surface area contributed by atoms with Gasteiger partial charge in [-0.2, -0.15) is 0 Å². The second kappa shape index (κ2) is 7.13. The molecule has 0 bridgehead atoms. The largest absolute Gasteiger partial charge is 0.467 e. The van der Waals surface area contributed by atoms with Crippen LogP contribution >= 0.6 is 0 Å². The minimum Gasteiger partial charge on any atom is -0.467 e. The molecule has 0 saturated carbocycles. The number of esters is 1. The van der Waals surface area contributed by atoms with Gasteiger partial charge in [0, 0.05) is 6.42 Å². The van der Waals surface area contributed by atoms with Crippen molar-refractivity contribution in [2.24, 2.45) is 5.92 Å². The molecule has 130 valence electrons. The first-order valence-electron chi connectivity index (χ1n) is 7.99. The molecule has 1 heterocycles. The number of amides is 2. The molecule has 1 aromatic carbocycles. The van der Waals surface area contributed by atoms with Gasteiger partial charge < -0.3 is 9.84 Å². The second-order valence-corrected chi connectivity index (χ2v) is 6.60. The molecule has 1 aliphatic rings. The Hall–Kier alpha value is -2.21. The van der Waals surface area contributed by atoms with Crippen molar-refractivity contribution in [1.82, 2.24) is 4.90 Å². The third kappa shape index (κ3) is 3.64. The van der Waals surface area contributed by atoms with E-state index in [2.05, 4.69) is 0 Å². The van der Waals surface area contributed by atoms with E-state index in [1.165, 1.54) is 7.11 Å². The van der Waals surface area contributed by atoms with Gasteiger partial charge in [0.15, 0.2) is 5.60 Å². The van der Waals surface area contributed by atoms with E-state index < -0.39 is 29.4 Å². The topological polar surface area (TPSA) is 83.9 Å². The van der Waals surface area contributed by atoms with Gasteiger partial charge in [0.05, 0.1) is 13.5 Å². The van der Waals surface area contributed by atoms with E-state index in [-0.39, 0.29) is 25.2 Å². The van der Waals surface area contributed by atoms with Crippen molar-refractivity contribution in [3.05, 3.63) is 35.9 Å². The lowest BCUT2D eigenvalue weighted by Crippen LogP contribution is -2.50. The van der Waals surface area contributed by atoms with E-state index in [0.29, 0.717) is 0 Å². The van der Waals surface area contributed by atoms with E-state index in [4.69, 9.17) is 4.74 Å². The highest BCUT2D eigenvalue weighted by atomic mass is 16.5. The van der Waals surface area contributed by atoms with Crippen molar-refractivity contribution in [2.45, 2.75) is 44.8 Å². The van der Waals surface area contributed by atoms with Gasteiger partial charge in [-0.3, -0.25) is 14.5 Å². The molecule has 0 radical (unpaired) electrons. The summed E-state index contributed by atoms with van der Waals surface area (Å²) in [6.07, 6.45) is 0.0301. The molecule has 0 aromatic heterocycles. The molecule has 6 nitrogen and oxygen atoms in total.